The van der Waals surface area contributed by atoms with E-state index in [0.29, 0.717) is 18.0 Å². The Balaban J connectivity index is 1.53. The van der Waals surface area contributed by atoms with Gasteiger partial charge in [0.1, 0.15) is 10.4 Å². The molecule has 1 aromatic carbocycles. The highest BCUT2D eigenvalue weighted by Gasteiger charge is 2.35. The molecule has 0 radical (unpaired) electrons. The number of fused-ring (bicyclic) bond motifs is 3. The van der Waals surface area contributed by atoms with Crippen molar-refractivity contribution in [3.8, 4) is 11.8 Å². The van der Waals surface area contributed by atoms with Crippen LogP contribution in [0.2, 0.25) is 0 Å². The lowest BCUT2D eigenvalue weighted by Crippen LogP contribution is -2.45. The first-order chi connectivity index (χ1) is 16.0. The van der Waals surface area contributed by atoms with E-state index in [4.69, 9.17) is 4.98 Å². The highest BCUT2D eigenvalue weighted by molar-refractivity contribution is 7.99. The maximum atomic E-state index is 13.8. The molecular weight excluding hydrogens is 452 g/mol. The molecule has 2 aliphatic rings. The Morgan fingerprint density at radius 3 is 2.82 bits per heavy atom. The zero-order chi connectivity index (χ0) is 23.0. The lowest BCUT2D eigenvalue weighted by molar-refractivity contribution is -0.119. The number of hydrogen-bond donors (Lipinski definition) is 1. The molecule has 2 aliphatic carbocycles. The SMILES string of the molecule is Cc1cccc(-n2c(SCC(=O)NC3(C#N)CCCC3)nc3sc4c(c3c2=O)CCCC4)c1. The van der Waals surface area contributed by atoms with Gasteiger partial charge in [-0.05, 0) is 81.5 Å². The molecule has 33 heavy (non-hydrogen) atoms. The number of amides is 1. The molecule has 0 unspecified atom stereocenters. The van der Waals surface area contributed by atoms with E-state index in [-0.39, 0.29) is 17.2 Å². The molecule has 0 bridgehead atoms. The average molecular weight is 479 g/mol. The maximum Gasteiger partial charge on any atom is 0.267 e. The first-order valence-corrected chi connectivity index (χ1v) is 13.3. The van der Waals surface area contributed by atoms with E-state index in [9.17, 15) is 14.9 Å². The zero-order valence-electron chi connectivity index (χ0n) is 18.6. The quantitative estimate of drug-likeness (QED) is 0.425. The van der Waals surface area contributed by atoms with E-state index < -0.39 is 5.54 Å². The summed E-state index contributed by atoms with van der Waals surface area (Å²) >= 11 is 2.88. The van der Waals surface area contributed by atoms with Gasteiger partial charge in [0.25, 0.3) is 5.56 Å². The molecule has 0 saturated heterocycles. The number of rotatable bonds is 5. The molecule has 2 heterocycles. The summed E-state index contributed by atoms with van der Waals surface area (Å²) in [4.78, 5) is 33.5. The summed E-state index contributed by atoms with van der Waals surface area (Å²) in [6.07, 6.45) is 7.46. The molecule has 170 valence electrons. The number of aryl methyl sites for hydroxylation is 3. The largest absolute Gasteiger partial charge is 0.337 e. The van der Waals surface area contributed by atoms with Gasteiger partial charge in [0.2, 0.25) is 5.91 Å². The van der Waals surface area contributed by atoms with Crippen LogP contribution in [0.3, 0.4) is 0 Å². The first-order valence-electron chi connectivity index (χ1n) is 11.5. The van der Waals surface area contributed by atoms with Crippen molar-refractivity contribution < 1.29 is 4.79 Å². The third-order valence-electron chi connectivity index (χ3n) is 6.60. The molecule has 8 heteroatoms. The average Bonchev–Trinajstić information content (AvgIpc) is 3.42. The third-order valence-corrected chi connectivity index (χ3v) is 8.72. The van der Waals surface area contributed by atoms with Crippen LogP contribution in [0.4, 0.5) is 0 Å². The van der Waals surface area contributed by atoms with Gasteiger partial charge >= 0.3 is 0 Å². The Labute approximate surface area is 201 Å². The molecule has 6 nitrogen and oxygen atoms in total. The highest BCUT2D eigenvalue weighted by atomic mass is 32.2. The van der Waals surface area contributed by atoms with Gasteiger partial charge < -0.3 is 5.32 Å². The lowest BCUT2D eigenvalue weighted by atomic mass is 9.97. The van der Waals surface area contributed by atoms with Crippen LogP contribution < -0.4 is 10.9 Å². The Hall–Kier alpha value is -2.63. The number of thioether (sulfide) groups is 1. The number of carbonyl (C=O) groups is 1. The van der Waals surface area contributed by atoms with Gasteiger partial charge in [0.05, 0.1) is 22.9 Å². The monoisotopic (exact) mass is 478 g/mol. The van der Waals surface area contributed by atoms with Crippen molar-refractivity contribution in [2.24, 2.45) is 0 Å². The number of hydrogen-bond acceptors (Lipinski definition) is 6. The van der Waals surface area contributed by atoms with Crippen molar-refractivity contribution >= 4 is 39.2 Å². The van der Waals surface area contributed by atoms with Crippen LogP contribution >= 0.6 is 23.1 Å². The summed E-state index contributed by atoms with van der Waals surface area (Å²) < 4.78 is 1.66. The summed E-state index contributed by atoms with van der Waals surface area (Å²) in [5, 5.41) is 13.8. The van der Waals surface area contributed by atoms with Crippen molar-refractivity contribution in [2.45, 2.75) is 69.0 Å². The highest BCUT2D eigenvalue weighted by Crippen LogP contribution is 2.35. The summed E-state index contributed by atoms with van der Waals surface area (Å²) in [6.45, 7) is 2.00. The maximum absolute atomic E-state index is 13.8. The Kier molecular flexibility index (Phi) is 6.02. The minimum absolute atomic E-state index is 0.0582. The van der Waals surface area contributed by atoms with Gasteiger partial charge in [0, 0.05) is 4.88 Å². The lowest BCUT2D eigenvalue weighted by Gasteiger charge is -2.22. The molecule has 2 aromatic heterocycles. The van der Waals surface area contributed by atoms with E-state index in [1.807, 2.05) is 31.2 Å². The van der Waals surface area contributed by atoms with Crippen LogP contribution in [0, 0.1) is 18.3 Å². The van der Waals surface area contributed by atoms with Gasteiger partial charge in [-0.15, -0.1) is 11.3 Å². The van der Waals surface area contributed by atoms with Crippen LogP contribution in [-0.2, 0) is 17.6 Å². The van der Waals surface area contributed by atoms with E-state index in [0.717, 1.165) is 65.6 Å². The molecule has 1 saturated carbocycles. The van der Waals surface area contributed by atoms with Crippen molar-refractivity contribution in [1.29, 1.82) is 5.26 Å². The number of nitriles is 1. The fourth-order valence-corrected chi connectivity index (χ4v) is 7.07. The summed E-state index contributed by atoms with van der Waals surface area (Å²) in [6, 6.07) is 10.1. The number of nitrogens with one attached hydrogen (secondary N) is 1. The molecule has 1 N–H and O–H groups in total. The van der Waals surface area contributed by atoms with Crippen molar-refractivity contribution in [1.82, 2.24) is 14.9 Å². The number of thiophene rings is 1. The van der Waals surface area contributed by atoms with Gasteiger partial charge in [0.15, 0.2) is 5.16 Å². The summed E-state index contributed by atoms with van der Waals surface area (Å²) in [5.41, 5.74) is 2.16. The molecule has 5 rings (SSSR count). The number of aromatic nitrogens is 2. The van der Waals surface area contributed by atoms with Crippen LogP contribution in [0.15, 0.2) is 34.2 Å². The number of nitrogens with zero attached hydrogens (tertiary/aromatic N) is 3. The third kappa shape index (κ3) is 4.20. The minimum Gasteiger partial charge on any atom is -0.337 e. The minimum atomic E-state index is -0.752. The molecule has 0 atom stereocenters. The van der Waals surface area contributed by atoms with Crippen molar-refractivity contribution in [2.75, 3.05) is 5.75 Å². The van der Waals surface area contributed by atoms with Gasteiger partial charge in [-0.3, -0.25) is 14.2 Å². The van der Waals surface area contributed by atoms with Crippen LogP contribution in [0.1, 0.15) is 54.5 Å². The first kappa shape index (κ1) is 22.2. The topological polar surface area (TPSA) is 87.8 Å². The van der Waals surface area contributed by atoms with Gasteiger partial charge in [-0.2, -0.15) is 5.26 Å². The second-order valence-electron chi connectivity index (χ2n) is 9.00. The smallest absolute Gasteiger partial charge is 0.267 e. The molecule has 1 amide bonds. The molecule has 1 fully saturated rings. The van der Waals surface area contributed by atoms with Gasteiger partial charge in [-0.25, -0.2) is 4.98 Å². The van der Waals surface area contributed by atoms with Gasteiger partial charge in [-0.1, -0.05) is 23.9 Å². The van der Waals surface area contributed by atoms with E-state index >= 15 is 0 Å². The molecular formula is C25H26N4O2S2. The Bertz CT molecular complexity index is 1330. The van der Waals surface area contributed by atoms with Crippen molar-refractivity contribution in [3.63, 3.8) is 0 Å². The van der Waals surface area contributed by atoms with Crippen LogP contribution in [0.5, 0.6) is 0 Å². The standard InChI is InChI=1S/C25H26N4O2S2/c1-16-7-6-8-17(13-16)29-23(31)21-18-9-2-3-10-19(18)33-22(21)27-24(29)32-14-20(30)28-25(15-26)11-4-5-12-25/h6-8,13H,2-5,9-12,14H2,1H3,(H,28,30). The van der Waals surface area contributed by atoms with Crippen molar-refractivity contribution in [3.05, 3.63) is 50.6 Å². The fraction of sp³-hybridized carbons (Fsp3) is 0.440. The van der Waals surface area contributed by atoms with Crippen LogP contribution in [-0.4, -0.2) is 26.8 Å². The van der Waals surface area contributed by atoms with E-state index in [2.05, 4.69) is 11.4 Å². The van der Waals surface area contributed by atoms with E-state index in [1.54, 1.807) is 15.9 Å². The van der Waals surface area contributed by atoms with E-state index in [1.165, 1.54) is 16.6 Å². The second-order valence-corrected chi connectivity index (χ2v) is 11.0. The molecule has 0 aliphatic heterocycles. The summed E-state index contributed by atoms with van der Waals surface area (Å²) in [5.74, 6) is -0.0859. The number of carbonyl (C=O) groups excluding carboxylic acids is 1. The Morgan fingerprint density at radius 1 is 1.27 bits per heavy atom. The predicted molar refractivity (Wildman–Crippen MR) is 132 cm³/mol. The number of benzene rings is 1. The molecule has 0 spiro atoms. The fourth-order valence-electron chi connectivity index (χ4n) is 4.95. The molecule has 3 aromatic rings. The normalized spacial score (nSPS) is 17.0. The second kappa shape index (κ2) is 8.96. The summed E-state index contributed by atoms with van der Waals surface area (Å²) in [7, 11) is 0. The predicted octanol–water partition coefficient (Wildman–Crippen LogP) is 4.68. The van der Waals surface area contributed by atoms with Crippen LogP contribution in [0.25, 0.3) is 15.9 Å². The Morgan fingerprint density at radius 2 is 2.06 bits per heavy atom. The zero-order valence-corrected chi connectivity index (χ0v) is 20.3.